The molecule has 0 bridgehead atoms. The molecule has 0 aliphatic rings. The number of aromatic nitrogens is 2. The number of nitrogens with zero attached hydrogens (tertiary/aromatic N) is 2. The number of anilines is 2. The third-order valence-corrected chi connectivity index (χ3v) is 4.28. The minimum absolute atomic E-state index is 0.242. The van der Waals surface area contributed by atoms with Gasteiger partial charge in [0.15, 0.2) is 0 Å². The van der Waals surface area contributed by atoms with Crippen molar-refractivity contribution in [3.63, 3.8) is 0 Å². The topological polar surface area (TPSA) is 66.9 Å². The van der Waals surface area contributed by atoms with E-state index >= 15 is 0 Å². The van der Waals surface area contributed by atoms with Crippen LogP contribution in [0.1, 0.15) is 21.5 Å². The highest BCUT2D eigenvalue weighted by atomic mass is 35.5. The summed E-state index contributed by atoms with van der Waals surface area (Å²) in [4.78, 5) is 20.5. The van der Waals surface area contributed by atoms with Crippen molar-refractivity contribution in [3.05, 3.63) is 81.6 Å². The third kappa shape index (κ3) is 4.50. The molecule has 2 aromatic carbocycles. The molecule has 26 heavy (non-hydrogen) atoms. The van der Waals surface area contributed by atoms with Crippen LogP contribution >= 0.6 is 23.2 Å². The number of benzene rings is 2. The summed E-state index contributed by atoms with van der Waals surface area (Å²) < 4.78 is 0. The first kappa shape index (κ1) is 18.2. The van der Waals surface area contributed by atoms with Crippen molar-refractivity contribution >= 4 is 40.7 Å². The molecule has 1 aromatic heterocycles. The van der Waals surface area contributed by atoms with E-state index in [2.05, 4.69) is 20.6 Å². The van der Waals surface area contributed by atoms with Gasteiger partial charge in [0.1, 0.15) is 0 Å². The van der Waals surface area contributed by atoms with Gasteiger partial charge in [0.05, 0.1) is 21.3 Å². The standard InChI is InChI=1S/C19H16Cl2N4O/c1-12-4-2-5-13(8-12)9-22-18(26)14-10-23-19(24-11-14)25-17-15(20)6-3-7-16(17)21/h2-8,10-11H,9H2,1H3,(H,22,26)(H,23,24,25). The number of carbonyl (C=O) groups excluding carboxylic acids is 1. The van der Waals surface area contributed by atoms with Crippen molar-refractivity contribution in [2.24, 2.45) is 0 Å². The summed E-state index contributed by atoms with van der Waals surface area (Å²) in [5, 5.41) is 6.72. The lowest BCUT2D eigenvalue weighted by Gasteiger charge is -2.09. The molecule has 0 aliphatic carbocycles. The highest BCUT2D eigenvalue weighted by Crippen LogP contribution is 2.31. The van der Waals surface area contributed by atoms with Crippen LogP contribution in [0.2, 0.25) is 10.0 Å². The van der Waals surface area contributed by atoms with Gasteiger partial charge in [-0.15, -0.1) is 0 Å². The van der Waals surface area contributed by atoms with Crippen molar-refractivity contribution in [2.75, 3.05) is 5.32 Å². The van der Waals surface area contributed by atoms with E-state index < -0.39 is 0 Å². The predicted octanol–water partition coefficient (Wildman–Crippen LogP) is 4.77. The van der Waals surface area contributed by atoms with Gasteiger partial charge < -0.3 is 10.6 Å². The van der Waals surface area contributed by atoms with Gasteiger partial charge in [-0.25, -0.2) is 9.97 Å². The lowest BCUT2D eigenvalue weighted by molar-refractivity contribution is 0.0950. The summed E-state index contributed by atoms with van der Waals surface area (Å²) in [6, 6.07) is 13.1. The number of carbonyl (C=O) groups is 1. The molecule has 0 radical (unpaired) electrons. The Kier molecular flexibility index (Phi) is 5.71. The fourth-order valence-electron chi connectivity index (χ4n) is 2.35. The smallest absolute Gasteiger partial charge is 0.254 e. The predicted molar refractivity (Wildman–Crippen MR) is 104 cm³/mol. The quantitative estimate of drug-likeness (QED) is 0.662. The van der Waals surface area contributed by atoms with E-state index in [1.54, 1.807) is 18.2 Å². The Labute approximate surface area is 161 Å². The van der Waals surface area contributed by atoms with Crippen LogP contribution in [0.3, 0.4) is 0 Å². The maximum Gasteiger partial charge on any atom is 0.254 e. The average molecular weight is 387 g/mol. The normalized spacial score (nSPS) is 10.4. The SMILES string of the molecule is Cc1cccc(CNC(=O)c2cnc(Nc3c(Cl)cccc3Cl)nc2)c1. The summed E-state index contributed by atoms with van der Waals surface area (Å²) in [6.07, 6.45) is 2.90. The van der Waals surface area contributed by atoms with Gasteiger partial charge in [-0.3, -0.25) is 4.79 Å². The highest BCUT2D eigenvalue weighted by molar-refractivity contribution is 6.39. The van der Waals surface area contributed by atoms with Crippen molar-refractivity contribution in [2.45, 2.75) is 13.5 Å². The molecule has 1 heterocycles. The summed E-state index contributed by atoms with van der Waals surface area (Å²) in [5.41, 5.74) is 3.07. The summed E-state index contributed by atoms with van der Waals surface area (Å²) >= 11 is 12.2. The van der Waals surface area contributed by atoms with Crippen molar-refractivity contribution in [1.82, 2.24) is 15.3 Å². The minimum Gasteiger partial charge on any atom is -0.348 e. The number of nitrogens with one attached hydrogen (secondary N) is 2. The molecule has 3 rings (SSSR count). The van der Waals surface area contributed by atoms with Gasteiger partial charge in [-0.2, -0.15) is 0 Å². The van der Waals surface area contributed by atoms with Crippen LogP contribution < -0.4 is 10.6 Å². The van der Waals surface area contributed by atoms with Gasteiger partial charge in [-0.05, 0) is 24.6 Å². The molecule has 0 spiro atoms. The summed E-state index contributed by atoms with van der Waals surface area (Å²) in [5.74, 6) is 0.0593. The van der Waals surface area contributed by atoms with Gasteiger partial charge in [-0.1, -0.05) is 59.1 Å². The zero-order valence-corrected chi connectivity index (χ0v) is 15.5. The van der Waals surface area contributed by atoms with E-state index in [4.69, 9.17) is 23.2 Å². The molecular formula is C19H16Cl2N4O. The van der Waals surface area contributed by atoms with E-state index in [1.165, 1.54) is 12.4 Å². The van der Waals surface area contributed by atoms with Crippen LogP contribution in [0.25, 0.3) is 0 Å². The first-order valence-electron chi connectivity index (χ1n) is 7.90. The maximum absolute atomic E-state index is 12.2. The molecule has 1 amide bonds. The molecular weight excluding hydrogens is 371 g/mol. The Bertz CT molecular complexity index is 909. The van der Waals surface area contributed by atoms with Crippen LogP contribution in [-0.4, -0.2) is 15.9 Å². The molecule has 5 nitrogen and oxygen atoms in total. The van der Waals surface area contributed by atoms with Crippen LogP contribution in [0, 0.1) is 6.92 Å². The van der Waals surface area contributed by atoms with Crippen LogP contribution in [0.4, 0.5) is 11.6 Å². The van der Waals surface area contributed by atoms with Crippen molar-refractivity contribution in [1.29, 1.82) is 0 Å². The van der Waals surface area contributed by atoms with Gasteiger partial charge in [0.25, 0.3) is 5.91 Å². The molecule has 0 unspecified atom stereocenters. The number of aryl methyl sites for hydroxylation is 1. The lowest BCUT2D eigenvalue weighted by atomic mass is 10.1. The lowest BCUT2D eigenvalue weighted by Crippen LogP contribution is -2.23. The van der Waals surface area contributed by atoms with Crippen molar-refractivity contribution < 1.29 is 4.79 Å². The molecule has 0 aliphatic heterocycles. The maximum atomic E-state index is 12.2. The molecule has 0 saturated carbocycles. The largest absolute Gasteiger partial charge is 0.348 e. The molecule has 2 N–H and O–H groups in total. The van der Waals surface area contributed by atoms with E-state index in [0.717, 1.165) is 11.1 Å². The average Bonchev–Trinajstić information content (AvgIpc) is 2.63. The van der Waals surface area contributed by atoms with Gasteiger partial charge >= 0.3 is 0 Å². The van der Waals surface area contributed by atoms with E-state index in [1.807, 2.05) is 31.2 Å². The fraction of sp³-hybridized carbons (Fsp3) is 0.105. The molecule has 7 heteroatoms. The third-order valence-electron chi connectivity index (χ3n) is 3.65. The Morgan fingerprint density at radius 2 is 1.69 bits per heavy atom. The molecule has 0 saturated heterocycles. The number of amides is 1. The monoisotopic (exact) mass is 386 g/mol. The number of hydrogen-bond donors (Lipinski definition) is 2. The van der Waals surface area contributed by atoms with E-state index in [9.17, 15) is 4.79 Å². The first-order valence-corrected chi connectivity index (χ1v) is 8.65. The second kappa shape index (κ2) is 8.17. The Morgan fingerprint density at radius 3 is 2.35 bits per heavy atom. The van der Waals surface area contributed by atoms with E-state index in [0.29, 0.717) is 33.8 Å². The Hall–Kier alpha value is -2.63. The Morgan fingerprint density at radius 1 is 1.04 bits per heavy atom. The second-order valence-electron chi connectivity index (χ2n) is 5.69. The van der Waals surface area contributed by atoms with Gasteiger partial charge in [0, 0.05) is 18.9 Å². The molecule has 132 valence electrons. The van der Waals surface area contributed by atoms with Gasteiger partial charge in [0.2, 0.25) is 5.95 Å². The minimum atomic E-state index is -0.242. The summed E-state index contributed by atoms with van der Waals surface area (Å²) in [7, 11) is 0. The number of halogens is 2. The fourth-order valence-corrected chi connectivity index (χ4v) is 2.84. The highest BCUT2D eigenvalue weighted by Gasteiger charge is 2.10. The molecule has 3 aromatic rings. The van der Waals surface area contributed by atoms with E-state index in [-0.39, 0.29) is 5.91 Å². The van der Waals surface area contributed by atoms with Crippen LogP contribution in [-0.2, 0) is 6.54 Å². The number of hydrogen-bond acceptors (Lipinski definition) is 4. The second-order valence-corrected chi connectivity index (χ2v) is 6.50. The van der Waals surface area contributed by atoms with Crippen LogP contribution in [0.5, 0.6) is 0 Å². The Balaban J connectivity index is 1.64. The first-order chi connectivity index (χ1) is 12.5. The van der Waals surface area contributed by atoms with Crippen molar-refractivity contribution in [3.8, 4) is 0 Å². The number of para-hydroxylation sites is 1. The molecule has 0 fully saturated rings. The number of rotatable bonds is 5. The summed E-state index contributed by atoms with van der Waals surface area (Å²) in [6.45, 7) is 2.45. The molecule has 0 atom stereocenters. The zero-order chi connectivity index (χ0) is 18.5. The van der Waals surface area contributed by atoms with Crippen LogP contribution in [0.15, 0.2) is 54.9 Å². The zero-order valence-electron chi connectivity index (χ0n) is 14.0.